The molecule has 0 aromatic carbocycles. The minimum Gasteiger partial charge on any atom is -0.393 e. The van der Waals surface area contributed by atoms with Crippen LogP contribution in [0.15, 0.2) is 12.7 Å². The topological polar surface area (TPSA) is 20.2 Å². The zero-order chi connectivity index (χ0) is 8.48. The van der Waals surface area contributed by atoms with Gasteiger partial charge in [0, 0.05) is 0 Å². The van der Waals surface area contributed by atoms with E-state index in [-0.39, 0.29) is 11.5 Å². The van der Waals surface area contributed by atoms with E-state index < -0.39 is 0 Å². The first-order valence-corrected chi connectivity index (χ1v) is 4.37. The number of rotatable bonds is 1. The van der Waals surface area contributed by atoms with Crippen LogP contribution in [0.4, 0.5) is 0 Å². The summed E-state index contributed by atoms with van der Waals surface area (Å²) in [4.78, 5) is 0. The van der Waals surface area contributed by atoms with E-state index >= 15 is 0 Å². The molecule has 2 unspecified atom stereocenters. The van der Waals surface area contributed by atoms with Gasteiger partial charge in [0.1, 0.15) is 0 Å². The Balaban J connectivity index is 2.63. The molecule has 0 bridgehead atoms. The van der Waals surface area contributed by atoms with Crippen LogP contribution in [0.2, 0.25) is 0 Å². The highest BCUT2D eigenvalue weighted by atomic mass is 16.3. The van der Waals surface area contributed by atoms with E-state index in [4.69, 9.17) is 0 Å². The van der Waals surface area contributed by atoms with Gasteiger partial charge in [0.2, 0.25) is 0 Å². The fraction of sp³-hybridized carbons (Fsp3) is 0.800. The minimum atomic E-state index is -0.0822. The monoisotopic (exact) mass is 154 g/mol. The molecule has 1 nitrogen and oxygen atoms in total. The number of aliphatic hydroxyl groups excluding tert-OH is 1. The van der Waals surface area contributed by atoms with Gasteiger partial charge >= 0.3 is 0 Å². The van der Waals surface area contributed by atoms with Gasteiger partial charge in [-0.1, -0.05) is 19.9 Å². The Morgan fingerprint density at radius 3 is 2.55 bits per heavy atom. The van der Waals surface area contributed by atoms with Gasteiger partial charge in [-0.2, -0.15) is 0 Å². The molecule has 0 aromatic rings. The lowest BCUT2D eigenvalue weighted by atomic mass is 9.68. The summed E-state index contributed by atoms with van der Waals surface area (Å²) in [5, 5.41) is 9.42. The molecule has 0 aliphatic heterocycles. The summed E-state index contributed by atoms with van der Waals surface area (Å²) in [5.74, 6) is 0.589. The molecule has 64 valence electrons. The van der Waals surface area contributed by atoms with Crippen molar-refractivity contribution in [3.63, 3.8) is 0 Å². The van der Waals surface area contributed by atoms with Crippen molar-refractivity contribution in [3.05, 3.63) is 12.7 Å². The van der Waals surface area contributed by atoms with E-state index in [0.29, 0.717) is 5.92 Å². The average molecular weight is 154 g/mol. The molecule has 0 aromatic heterocycles. The Morgan fingerprint density at radius 2 is 2.09 bits per heavy atom. The maximum absolute atomic E-state index is 9.42. The van der Waals surface area contributed by atoms with Gasteiger partial charge < -0.3 is 5.11 Å². The smallest absolute Gasteiger partial charge is 0.0545 e. The van der Waals surface area contributed by atoms with Crippen molar-refractivity contribution in [1.82, 2.24) is 0 Å². The molecule has 1 fully saturated rings. The van der Waals surface area contributed by atoms with Crippen LogP contribution < -0.4 is 0 Å². The predicted molar refractivity (Wildman–Crippen MR) is 47.3 cm³/mol. The Kier molecular flexibility index (Phi) is 2.38. The van der Waals surface area contributed by atoms with Gasteiger partial charge in [-0.25, -0.2) is 0 Å². The molecule has 0 amide bonds. The number of hydrogen-bond donors (Lipinski definition) is 1. The first-order chi connectivity index (χ1) is 5.06. The van der Waals surface area contributed by atoms with Crippen molar-refractivity contribution in [3.8, 4) is 0 Å². The molecule has 0 saturated heterocycles. The van der Waals surface area contributed by atoms with Crippen LogP contribution in [-0.4, -0.2) is 11.2 Å². The molecule has 0 radical (unpaired) electrons. The highest BCUT2D eigenvalue weighted by molar-refractivity contribution is 4.94. The number of aliphatic hydroxyl groups is 1. The number of allylic oxidation sites excluding steroid dienone is 1. The summed E-state index contributed by atoms with van der Waals surface area (Å²) in [6, 6.07) is 0. The summed E-state index contributed by atoms with van der Waals surface area (Å²) in [6.45, 7) is 8.24. The van der Waals surface area contributed by atoms with Crippen molar-refractivity contribution in [2.24, 2.45) is 11.3 Å². The Bertz CT molecular complexity index is 149. The summed E-state index contributed by atoms with van der Waals surface area (Å²) < 4.78 is 0. The van der Waals surface area contributed by atoms with Crippen molar-refractivity contribution >= 4 is 0 Å². The molecule has 11 heavy (non-hydrogen) atoms. The normalized spacial score (nSPS) is 36.6. The lowest BCUT2D eigenvalue weighted by molar-refractivity contribution is 0.0401. The van der Waals surface area contributed by atoms with Crippen molar-refractivity contribution in [2.75, 3.05) is 0 Å². The highest BCUT2D eigenvalue weighted by Crippen LogP contribution is 2.40. The third kappa shape index (κ3) is 1.84. The standard InChI is InChI=1S/C10H18O/c1-4-8-5-6-9(11)7-10(8,2)3/h4,8-9,11H,1,5-7H2,2-3H3. The quantitative estimate of drug-likeness (QED) is 0.575. The van der Waals surface area contributed by atoms with Gasteiger partial charge in [0.25, 0.3) is 0 Å². The zero-order valence-electron chi connectivity index (χ0n) is 7.51. The van der Waals surface area contributed by atoms with Crippen LogP contribution in [-0.2, 0) is 0 Å². The van der Waals surface area contributed by atoms with E-state index in [0.717, 1.165) is 19.3 Å². The molecule has 1 saturated carbocycles. The fourth-order valence-corrected chi connectivity index (χ4v) is 2.06. The Labute approximate surface area is 69.1 Å². The first-order valence-electron chi connectivity index (χ1n) is 4.37. The van der Waals surface area contributed by atoms with Crippen LogP contribution in [0.3, 0.4) is 0 Å². The maximum atomic E-state index is 9.42. The lowest BCUT2D eigenvalue weighted by Gasteiger charge is -2.39. The maximum Gasteiger partial charge on any atom is 0.0545 e. The molecular formula is C10H18O. The molecule has 0 spiro atoms. The summed E-state index contributed by atoms with van der Waals surface area (Å²) in [5.41, 5.74) is 0.249. The molecule has 1 heteroatoms. The van der Waals surface area contributed by atoms with E-state index in [1.807, 2.05) is 6.08 Å². The Morgan fingerprint density at radius 1 is 1.45 bits per heavy atom. The molecule has 1 N–H and O–H groups in total. The van der Waals surface area contributed by atoms with Crippen LogP contribution in [0.5, 0.6) is 0 Å². The van der Waals surface area contributed by atoms with E-state index in [2.05, 4.69) is 20.4 Å². The fourth-order valence-electron chi connectivity index (χ4n) is 2.06. The number of hydrogen-bond acceptors (Lipinski definition) is 1. The van der Waals surface area contributed by atoms with Crippen molar-refractivity contribution in [2.45, 2.75) is 39.2 Å². The van der Waals surface area contributed by atoms with Gasteiger partial charge in [0.05, 0.1) is 6.10 Å². The SMILES string of the molecule is C=CC1CCC(O)CC1(C)C. The summed E-state index contributed by atoms with van der Waals surface area (Å²) >= 11 is 0. The van der Waals surface area contributed by atoms with Crippen LogP contribution in [0.25, 0.3) is 0 Å². The largest absolute Gasteiger partial charge is 0.393 e. The predicted octanol–water partition coefficient (Wildman–Crippen LogP) is 2.36. The summed E-state index contributed by atoms with van der Waals surface area (Å²) in [7, 11) is 0. The van der Waals surface area contributed by atoms with Crippen LogP contribution in [0.1, 0.15) is 33.1 Å². The van der Waals surface area contributed by atoms with Gasteiger partial charge in [-0.05, 0) is 30.6 Å². The van der Waals surface area contributed by atoms with Crippen molar-refractivity contribution in [1.29, 1.82) is 0 Å². The van der Waals surface area contributed by atoms with Crippen LogP contribution >= 0.6 is 0 Å². The average Bonchev–Trinajstić information content (AvgIpc) is 1.85. The van der Waals surface area contributed by atoms with Crippen LogP contribution in [0, 0.1) is 11.3 Å². The zero-order valence-corrected chi connectivity index (χ0v) is 7.51. The first kappa shape index (κ1) is 8.79. The molecule has 2 atom stereocenters. The Hall–Kier alpha value is -0.300. The second-order valence-corrected chi connectivity index (χ2v) is 4.27. The van der Waals surface area contributed by atoms with Gasteiger partial charge in [0.15, 0.2) is 0 Å². The lowest BCUT2D eigenvalue weighted by Crippen LogP contribution is -2.33. The van der Waals surface area contributed by atoms with Gasteiger partial charge in [-0.15, -0.1) is 6.58 Å². The second kappa shape index (κ2) is 2.98. The molecule has 0 heterocycles. The van der Waals surface area contributed by atoms with E-state index in [1.165, 1.54) is 0 Å². The van der Waals surface area contributed by atoms with Crippen molar-refractivity contribution < 1.29 is 5.11 Å². The molecule has 1 rings (SSSR count). The van der Waals surface area contributed by atoms with E-state index in [1.54, 1.807) is 0 Å². The molecule has 1 aliphatic rings. The highest BCUT2D eigenvalue weighted by Gasteiger charge is 2.33. The molecule has 1 aliphatic carbocycles. The third-order valence-corrected chi connectivity index (χ3v) is 2.86. The second-order valence-electron chi connectivity index (χ2n) is 4.27. The third-order valence-electron chi connectivity index (χ3n) is 2.86. The van der Waals surface area contributed by atoms with Gasteiger partial charge in [-0.3, -0.25) is 0 Å². The summed E-state index contributed by atoms with van der Waals surface area (Å²) in [6.07, 6.45) is 4.91. The molecular weight excluding hydrogens is 136 g/mol. The van der Waals surface area contributed by atoms with E-state index in [9.17, 15) is 5.11 Å². The minimum absolute atomic E-state index is 0.0822.